The van der Waals surface area contributed by atoms with E-state index < -0.39 is 0 Å². The van der Waals surface area contributed by atoms with Crippen LogP contribution in [0.4, 0.5) is 0 Å². The number of ketones is 1. The molecule has 0 saturated carbocycles. The van der Waals surface area contributed by atoms with Gasteiger partial charge < -0.3 is 9.67 Å². The van der Waals surface area contributed by atoms with Gasteiger partial charge in [0.1, 0.15) is 10.9 Å². The summed E-state index contributed by atoms with van der Waals surface area (Å²) in [6.07, 6.45) is 2.76. The summed E-state index contributed by atoms with van der Waals surface area (Å²) in [7, 11) is 0. The first-order valence-electron chi connectivity index (χ1n) is 9.14. The van der Waals surface area contributed by atoms with Crippen molar-refractivity contribution in [2.75, 3.05) is 0 Å². The van der Waals surface area contributed by atoms with E-state index in [-0.39, 0.29) is 22.4 Å². The highest BCUT2D eigenvalue weighted by Crippen LogP contribution is 2.40. The molecule has 1 heterocycles. The van der Waals surface area contributed by atoms with E-state index in [0.29, 0.717) is 16.3 Å². The Kier molecular flexibility index (Phi) is 5.63. The highest BCUT2D eigenvalue weighted by atomic mass is 35.5. The van der Waals surface area contributed by atoms with E-state index in [0.717, 1.165) is 24.1 Å². The summed E-state index contributed by atoms with van der Waals surface area (Å²) in [6, 6.07) is 5.36. The Balaban J connectivity index is 2.62. The van der Waals surface area contributed by atoms with Crippen molar-refractivity contribution in [3.05, 3.63) is 51.8 Å². The van der Waals surface area contributed by atoms with Crippen LogP contribution >= 0.6 is 11.6 Å². The molecule has 0 amide bonds. The van der Waals surface area contributed by atoms with Crippen LogP contribution in [-0.4, -0.2) is 15.5 Å². The summed E-state index contributed by atoms with van der Waals surface area (Å²) >= 11 is 6.26. The number of phenolic OH excluding ortho intramolecular Hbond substituents is 1. The molecule has 0 bridgehead atoms. The zero-order chi connectivity index (χ0) is 19.9. The van der Waals surface area contributed by atoms with Crippen LogP contribution in [0.15, 0.2) is 24.4 Å². The summed E-state index contributed by atoms with van der Waals surface area (Å²) in [5.41, 5.74) is 2.19. The van der Waals surface area contributed by atoms with E-state index in [1.807, 2.05) is 64.4 Å². The van der Waals surface area contributed by atoms with Crippen LogP contribution in [0.1, 0.15) is 81.9 Å². The summed E-state index contributed by atoms with van der Waals surface area (Å²) in [6.45, 7) is 15.1. The first kappa shape index (κ1) is 20.6. The SMILES string of the molecule is CCCn1cc(C(=O)c2cc(C(C)(C)C)c(O)c(C(C)(C)C)c2)cc1Cl. The van der Waals surface area contributed by atoms with Gasteiger partial charge in [-0.25, -0.2) is 0 Å². The fraction of sp³-hybridized carbons (Fsp3) is 0.500. The molecule has 0 saturated heterocycles. The summed E-state index contributed by atoms with van der Waals surface area (Å²) in [4.78, 5) is 13.1. The van der Waals surface area contributed by atoms with E-state index in [1.54, 1.807) is 6.07 Å². The smallest absolute Gasteiger partial charge is 0.194 e. The number of nitrogens with zero attached hydrogens (tertiary/aromatic N) is 1. The van der Waals surface area contributed by atoms with Gasteiger partial charge in [-0.3, -0.25) is 4.79 Å². The highest BCUT2D eigenvalue weighted by Gasteiger charge is 2.28. The number of hydrogen-bond donors (Lipinski definition) is 1. The van der Waals surface area contributed by atoms with Crippen LogP contribution < -0.4 is 0 Å². The molecule has 142 valence electrons. The van der Waals surface area contributed by atoms with Gasteiger partial charge >= 0.3 is 0 Å². The zero-order valence-corrected chi connectivity index (χ0v) is 17.7. The minimum atomic E-state index is -0.272. The lowest BCUT2D eigenvalue weighted by Crippen LogP contribution is -2.19. The van der Waals surface area contributed by atoms with Crippen LogP contribution in [0.25, 0.3) is 0 Å². The van der Waals surface area contributed by atoms with Crippen molar-refractivity contribution < 1.29 is 9.90 Å². The Hall–Kier alpha value is -1.74. The van der Waals surface area contributed by atoms with Gasteiger partial charge in [-0.2, -0.15) is 0 Å². The number of rotatable bonds is 4. The van der Waals surface area contributed by atoms with Crippen molar-refractivity contribution in [1.29, 1.82) is 0 Å². The maximum Gasteiger partial charge on any atom is 0.194 e. The fourth-order valence-electron chi connectivity index (χ4n) is 3.09. The van der Waals surface area contributed by atoms with Crippen molar-refractivity contribution in [3.63, 3.8) is 0 Å². The van der Waals surface area contributed by atoms with E-state index in [4.69, 9.17) is 11.6 Å². The topological polar surface area (TPSA) is 42.2 Å². The predicted molar refractivity (Wildman–Crippen MR) is 109 cm³/mol. The summed E-state index contributed by atoms with van der Waals surface area (Å²) in [5.74, 6) is 0.209. The van der Waals surface area contributed by atoms with Gasteiger partial charge in [-0.05, 0) is 35.4 Å². The summed E-state index contributed by atoms with van der Waals surface area (Å²) < 4.78 is 1.89. The van der Waals surface area contributed by atoms with Crippen LogP contribution in [0.5, 0.6) is 5.75 Å². The number of carbonyl (C=O) groups is 1. The second-order valence-electron chi connectivity index (χ2n) is 8.99. The number of aromatic hydroxyl groups is 1. The molecule has 1 aromatic heterocycles. The third-order valence-corrected chi connectivity index (χ3v) is 4.88. The van der Waals surface area contributed by atoms with Crippen molar-refractivity contribution in [3.8, 4) is 5.75 Å². The van der Waals surface area contributed by atoms with Gasteiger partial charge in [0.05, 0.1) is 0 Å². The summed E-state index contributed by atoms with van der Waals surface area (Å²) in [5, 5.41) is 11.4. The lowest BCUT2D eigenvalue weighted by molar-refractivity contribution is 0.103. The van der Waals surface area contributed by atoms with Gasteiger partial charge in [0, 0.05) is 35.0 Å². The second-order valence-corrected chi connectivity index (χ2v) is 9.38. The van der Waals surface area contributed by atoms with Crippen molar-refractivity contribution in [2.24, 2.45) is 0 Å². The number of phenols is 1. The van der Waals surface area contributed by atoms with Crippen LogP contribution in [-0.2, 0) is 17.4 Å². The highest BCUT2D eigenvalue weighted by molar-refractivity contribution is 6.30. The monoisotopic (exact) mass is 375 g/mol. The molecule has 4 heteroatoms. The third kappa shape index (κ3) is 4.15. The molecule has 0 radical (unpaired) electrons. The fourth-order valence-corrected chi connectivity index (χ4v) is 3.34. The standard InChI is InChI=1S/C22H30ClNO2/c1-8-9-24-13-15(12-18(24)23)19(25)14-10-16(21(2,3)4)20(26)17(11-14)22(5,6)7/h10-13,26H,8-9H2,1-7H3. The molecule has 1 N–H and O–H groups in total. The van der Waals surface area contributed by atoms with Crippen LogP contribution in [0.3, 0.4) is 0 Å². The maximum absolute atomic E-state index is 13.1. The molecule has 0 unspecified atom stereocenters. The van der Waals surface area contributed by atoms with Crippen LogP contribution in [0.2, 0.25) is 5.15 Å². The average molecular weight is 376 g/mol. The quantitative estimate of drug-likeness (QED) is 0.657. The molecule has 0 aliphatic heterocycles. The Labute approximate surface area is 162 Å². The molecule has 2 aromatic rings. The van der Waals surface area contributed by atoms with E-state index in [1.165, 1.54) is 0 Å². The van der Waals surface area contributed by atoms with Crippen molar-refractivity contribution in [2.45, 2.75) is 72.3 Å². The van der Waals surface area contributed by atoms with E-state index >= 15 is 0 Å². The van der Waals surface area contributed by atoms with Gasteiger partial charge in [0.25, 0.3) is 0 Å². The van der Waals surface area contributed by atoms with Crippen molar-refractivity contribution >= 4 is 17.4 Å². The number of benzene rings is 1. The normalized spacial score (nSPS) is 12.5. The molecular weight excluding hydrogens is 346 g/mol. The molecule has 26 heavy (non-hydrogen) atoms. The molecule has 0 aliphatic carbocycles. The maximum atomic E-state index is 13.1. The molecule has 3 nitrogen and oxygen atoms in total. The molecular formula is C22H30ClNO2. The van der Waals surface area contributed by atoms with Crippen molar-refractivity contribution in [1.82, 2.24) is 4.57 Å². The number of aryl methyl sites for hydroxylation is 1. The van der Waals surface area contributed by atoms with Gasteiger partial charge in [-0.15, -0.1) is 0 Å². The number of hydrogen-bond acceptors (Lipinski definition) is 2. The predicted octanol–water partition coefficient (Wildman–Crippen LogP) is 6.08. The lowest BCUT2D eigenvalue weighted by Gasteiger charge is -2.28. The van der Waals surface area contributed by atoms with E-state index in [9.17, 15) is 9.90 Å². The Morgan fingerprint density at radius 3 is 1.92 bits per heavy atom. The first-order valence-corrected chi connectivity index (χ1v) is 9.52. The molecule has 2 rings (SSSR count). The molecule has 1 aromatic carbocycles. The Morgan fingerprint density at radius 2 is 1.50 bits per heavy atom. The Morgan fingerprint density at radius 1 is 1.00 bits per heavy atom. The molecule has 0 atom stereocenters. The number of carbonyl (C=O) groups excluding carboxylic acids is 1. The molecule has 0 aliphatic rings. The van der Waals surface area contributed by atoms with Gasteiger partial charge in [-0.1, -0.05) is 60.1 Å². The van der Waals surface area contributed by atoms with Crippen LogP contribution in [0, 0.1) is 0 Å². The van der Waals surface area contributed by atoms with Gasteiger partial charge in [0.15, 0.2) is 5.78 Å². The number of aromatic nitrogens is 1. The van der Waals surface area contributed by atoms with Gasteiger partial charge in [0.2, 0.25) is 0 Å². The average Bonchev–Trinajstić information content (AvgIpc) is 2.86. The van der Waals surface area contributed by atoms with E-state index in [2.05, 4.69) is 6.92 Å². The third-order valence-electron chi connectivity index (χ3n) is 4.56. The lowest BCUT2D eigenvalue weighted by atomic mass is 9.78. The Bertz CT molecular complexity index is 785. The minimum absolute atomic E-state index is 0.0715. The largest absolute Gasteiger partial charge is 0.507 e. The molecule has 0 spiro atoms. The molecule has 0 fully saturated rings. The zero-order valence-electron chi connectivity index (χ0n) is 16.9. The number of halogens is 1. The minimum Gasteiger partial charge on any atom is -0.507 e. The first-order chi connectivity index (χ1) is 11.9. The second kappa shape index (κ2) is 7.11.